The summed E-state index contributed by atoms with van der Waals surface area (Å²) in [6.07, 6.45) is 3.71. The Morgan fingerprint density at radius 1 is 0.543 bits per heavy atom. The van der Waals surface area contributed by atoms with Crippen molar-refractivity contribution in [3.63, 3.8) is 0 Å². The summed E-state index contributed by atoms with van der Waals surface area (Å²) in [5, 5.41) is 4.79. The van der Waals surface area contributed by atoms with Crippen molar-refractivity contribution in [2.75, 3.05) is 0 Å². The predicted octanol–water partition coefficient (Wildman–Crippen LogP) is 5.78. The molecule has 0 atom stereocenters. The van der Waals surface area contributed by atoms with Gasteiger partial charge in [0.15, 0.2) is 0 Å². The van der Waals surface area contributed by atoms with Gasteiger partial charge in [0, 0.05) is 23.2 Å². The lowest BCUT2D eigenvalue weighted by Gasteiger charge is -2.34. The van der Waals surface area contributed by atoms with Crippen molar-refractivity contribution in [2.24, 2.45) is 0 Å². The molecule has 2 aliphatic heterocycles. The van der Waals surface area contributed by atoms with E-state index in [-0.39, 0.29) is 6.71 Å². The molecule has 35 heavy (non-hydrogen) atoms. The first-order chi connectivity index (χ1) is 17.4. The molecule has 0 unspecified atom stereocenters. The van der Waals surface area contributed by atoms with Crippen molar-refractivity contribution >= 4 is 44.6 Å². The maximum absolute atomic E-state index is 6.69. The van der Waals surface area contributed by atoms with Crippen LogP contribution < -0.4 is 25.9 Å². The first-order valence-electron chi connectivity index (χ1n) is 11.8. The topological polar surface area (TPSA) is 31.4 Å². The van der Waals surface area contributed by atoms with E-state index >= 15 is 0 Å². The summed E-state index contributed by atoms with van der Waals surface area (Å²) in [6.45, 7) is -0.000160. The maximum atomic E-state index is 6.69. The minimum Gasteiger partial charge on any atom is -0.458 e. The van der Waals surface area contributed by atoms with E-state index in [9.17, 15) is 0 Å². The number of ether oxygens (including phenoxy) is 2. The molecule has 0 fully saturated rings. The van der Waals surface area contributed by atoms with Crippen molar-refractivity contribution in [1.82, 2.24) is 4.98 Å². The number of hydrogen-bond acceptors (Lipinski definition) is 3. The fourth-order valence-electron chi connectivity index (χ4n) is 5.78. The van der Waals surface area contributed by atoms with Crippen LogP contribution in [0.1, 0.15) is 0 Å². The molecule has 0 saturated carbocycles. The van der Waals surface area contributed by atoms with Gasteiger partial charge in [-0.05, 0) is 62.5 Å². The average Bonchev–Trinajstić information content (AvgIpc) is 2.93. The molecule has 162 valence electrons. The Hall–Kier alpha value is -4.57. The van der Waals surface area contributed by atoms with Gasteiger partial charge in [-0.2, -0.15) is 0 Å². The van der Waals surface area contributed by atoms with E-state index in [4.69, 9.17) is 9.47 Å². The van der Waals surface area contributed by atoms with Gasteiger partial charge < -0.3 is 9.47 Å². The van der Waals surface area contributed by atoms with Gasteiger partial charge in [0.1, 0.15) is 23.0 Å². The molecule has 0 radical (unpaired) electrons. The van der Waals surface area contributed by atoms with E-state index < -0.39 is 0 Å². The smallest absolute Gasteiger partial charge is 0.261 e. The average molecular weight is 447 g/mol. The van der Waals surface area contributed by atoms with Crippen LogP contribution in [0.5, 0.6) is 23.0 Å². The molecular weight excluding hydrogens is 429 g/mol. The Kier molecular flexibility index (Phi) is 3.75. The molecular formula is C31H18BNO2. The SMILES string of the molecule is c1cncc(-c2ccc3c(c2)B2c4c(cccc4Oc4c2c2ccccc2c2ccccc42)O3)c1. The van der Waals surface area contributed by atoms with Crippen molar-refractivity contribution in [1.29, 1.82) is 0 Å². The number of rotatable bonds is 1. The molecule has 8 rings (SSSR count). The van der Waals surface area contributed by atoms with E-state index in [1.54, 1.807) is 6.20 Å². The highest BCUT2D eigenvalue weighted by Crippen LogP contribution is 2.41. The van der Waals surface area contributed by atoms with Gasteiger partial charge in [-0.25, -0.2) is 0 Å². The summed E-state index contributed by atoms with van der Waals surface area (Å²) in [6, 6.07) is 33.8. The first-order valence-corrected chi connectivity index (χ1v) is 11.8. The summed E-state index contributed by atoms with van der Waals surface area (Å²) in [7, 11) is 0. The Morgan fingerprint density at radius 3 is 2.09 bits per heavy atom. The lowest BCUT2D eigenvalue weighted by Crippen LogP contribution is -2.57. The highest BCUT2D eigenvalue weighted by Gasteiger charge is 2.41. The van der Waals surface area contributed by atoms with Crippen LogP contribution in [0.15, 0.2) is 109 Å². The minimum absolute atomic E-state index is 0.000160. The summed E-state index contributed by atoms with van der Waals surface area (Å²) < 4.78 is 13.1. The summed E-state index contributed by atoms with van der Waals surface area (Å²) in [5.74, 6) is 3.54. The molecule has 1 aromatic heterocycles. The number of nitrogens with zero attached hydrogens (tertiary/aromatic N) is 1. The Labute approximate surface area is 202 Å². The lowest BCUT2D eigenvalue weighted by molar-refractivity contribution is 0.467. The van der Waals surface area contributed by atoms with Gasteiger partial charge in [-0.1, -0.05) is 72.8 Å². The molecule has 0 saturated heterocycles. The summed E-state index contributed by atoms with van der Waals surface area (Å²) in [5.41, 5.74) is 5.66. The van der Waals surface area contributed by atoms with Crippen LogP contribution in [0.3, 0.4) is 0 Å². The monoisotopic (exact) mass is 447 g/mol. The zero-order chi connectivity index (χ0) is 22.9. The van der Waals surface area contributed by atoms with Crippen molar-refractivity contribution < 1.29 is 9.47 Å². The molecule has 0 amide bonds. The van der Waals surface area contributed by atoms with Crippen LogP contribution in [0, 0.1) is 0 Å². The number of benzene rings is 5. The Morgan fingerprint density at radius 2 is 1.29 bits per heavy atom. The molecule has 0 spiro atoms. The van der Waals surface area contributed by atoms with E-state index in [0.717, 1.165) is 50.4 Å². The first kappa shape index (κ1) is 18.8. The third kappa shape index (κ3) is 2.59. The molecule has 4 heteroatoms. The van der Waals surface area contributed by atoms with Gasteiger partial charge in [0.05, 0.1) is 0 Å². The van der Waals surface area contributed by atoms with Gasteiger partial charge in [-0.15, -0.1) is 0 Å². The second-order valence-electron chi connectivity index (χ2n) is 9.13. The highest BCUT2D eigenvalue weighted by atomic mass is 16.5. The zero-order valence-electron chi connectivity index (χ0n) is 18.7. The number of pyridine rings is 1. The van der Waals surface area contributed by atoms with Crippen LogP contribution in [0.4, 0.5) is 0 Å². The molecule has 5 aromatic carbocycles. The van der Waals surface area contributed by atoms with Crippen molar-refractivity contribution in [3.05, 3.63) is 109 Å². The summed E-state index contributed by atoms with van der Waals surface area (Å²) >= 11 is 0. The molecule has 2 aliphatic rings. The van der Waals surface area contributed by atoms with E-state index in [1.165, 1.54) is 21.6 Å². The fraction of sp³-hybridized carbons (Fsp3) is 0. The molecule has 0 aliphatic carbocycles. The molecule has 3 heterocycles. The molecule has 0 N–H and O–H groups in total. The largest absolute Gasteiger partial charge is 0.458 e. The zero-order valence-corrected chi connectivity index (χ0v) is 18.7. The third-order valence-electron chi connectivity index (χ3n) is 7.27. The van der Waals surface area contributed by atoms with Gasteiger partial charge in [0.25, 0.3) is 6.71 Å². The van der Waals surface area contributed by atoms with E-state index in [0.29, 0.717) is 0 Å². The maximum Gasteiger partial charge on any atom is 0.261 e. The summed E-state index contributed by atoms with van der Waals surface area (Å²) in [4.78, 5) is 4.33. The van der Waals surface area contributed by atoms with E-state index in [2.05, 4.69) is 83.8 Å². The van der Waals surface area contributed by atoms with Crippen LogP contribution in [0.2, 0.25) is 0 Å². The number of hydrogen-bond donors (Lipinski definition) is 0. The highest BCUT2D eigenvalue weighted by molar-refractivity contribution is 6.99. The van der Waals surface area contributed by atoms with Crippen molar-refractivity contribution in [2.45, 2.75) is 0 Å². The van der Waals surface area contributed by atoms with Crippen LogP contribution in [-0.4, -0.2) is 11.7 Å². The van der Waals surface area contributed by atoms with Gasteiger partial charge in [-0.3, -0.25) is 4.98 Å². The van der Waals surface area contributed by atoms with Gasteiger partial charge in [0.2, 0.25) is 0 Å². The standard InChI is InChI=1S/C31H18BNO2/c1-3-10-23-21(8-1)22-9-2-4-11-24(22)31-29(23)32-25-17-19(20-7-6-16-33-18-20)14-15-26(25)34-27-12-5-13-28(35-31)30(27)32/h1-18H. The fourth-order valence-corrected chi connectivity index (χ4v) is 5.78. The third-order valence-corrected chi connectivity index (χ3v) is 7.27. The Balaban J connectivity index is 1.50. The Bertz CT molecular complexity index is 1810. The van der Waals surface area contributed by atoms with Crippen molar-refractivity contribution in [3.8, 4) is 34.1 Å². The second-order valence-corrected chi connectivity index (χ2v) is 9.13. The molecule has 3 nitrogen and oxygen atoms in total. The predicted molar refractivity (Wildman–Crippen MR) is 142 cm³/mol. The normalized spacial score (nSPS) is 13.0. The lowest BCUT2D eigenvalue weighted by atomic mass is 9.34. The minimum atomic E-state index is -0.000160. The molecule has 6 aromatic rings. The second kappa shape index (κ2) is 6.97. The van der Waals surface area contributed by atoms with Crippen LogP contribution >= 0.6 is 0 Å². The van der Waals surface area contributed by atoms with Gasteiger partial charge >= 0.3 is 0 Å². The van der Waals surface area contributed by atoms with Crippen LogP contribution in [-0.2, 0) is 0 Å². The quantitative estimate of drug-likeness (QED) is 0.236. The number of aromatic nitrogens is 1. The number of fused-ring (bicyclic) bond motifs is 9. The van der Waals surface area contributed by atoms with E-state index in [1.807, 2.05) is 24.4 Å². The van der Waals surface area contributed by atoms with Crippen LogP contribution in [0.25, 0.3) is 32.7 Å². The molecule has 0 bridgehead atoms.